The molecule has 0 aliphatic rings. The van der Waals surface area contributed by atoms with E-state index in [0.29, 0.717) is 13.2 Å². The highest BCUT2D eigenvalue weighted by molar-refractivity contribution is 9.10. The molecule has 96 valence electrons. The number of ether oxygens (including phenoxy) is 2. The molecule has 0 amide bonds. The molecule has 0 fully saturated rings. The van der Waals surface area contributed by atoms with Crippen LogP contribution in [0.1, 0.15) is 32.4 Å². The third-order valence-corrected chi connectivity index (χ3v) is 2.99. The molecule has 1 aromatic rings. The Morgan fingerprint density at radius 2 is 2.06 bits per heavy atom. The minimum absolute atomic E-state index is 0.0289. The summed E-state index contributed by atoms with van der Waals surface area (Å²) in [7, 11) is 0. The molecule has 0 aliphatic carbocycles. The number of hydrogen-bond acceptors (Lipinski definition) is 3. The second kappa shape index (κ2) is 6.99. The Bertz CT molecular complexity index is 355. The van der Waals surface area contributed by atoms with E-state index in [2.05, 4.69) is 15.9 Å². The van der Waals surface area contributed by atoms with Crippen molar-refractivity contribution in [1.29, 1.82) is 0 Å². The highest BCUT2D eigenvalue weighted by atomic mass is 79.9. The van der Waals surface area contributed by atoms with Crippen molar-refractivity contribution in [2.75, 3.05) is 13.2 Å². The van der Waals surface area contributed by atoms with Crippen LogP contribution in [0.2, 0.25) is 0 Å². The lowest BCUT2D eigenvalue weighted by Gasteiger charge is -2.16. The van der Waals surface area contributed by atoms with Crippen LogP contribution in [0.4, 0.5) is 0 Å². The standard InChI is InChI=1S/C13H20BrNO2/c1-4-16-8-9(2)17-13-6-5-11(10(3)15)7-12(13)14/h5-7,9-10H,4,8,15H2,1-3H3. The van der Waals surface area contributed by atoms with E-state index in [1.54, 1.807) is 0 Å². The number of halogens is 1. The van der Waals surface area contributed by atoms with Crippen LogP contribution in [-0.4, -0.2) is 19.3 Å². The molecule has 2 N–H and O–H groups in total. The fourth-order valence-electron chi connectivity index (χ4n) is 1.43. The molecule has 0 heterocycles. The zero-order chi connectivity index (χ0) is 12.8. The van der Waals surface area contributed by atoms with Gasteiger partial charge in [0.25, 0.3) is 0 Å². The predicted octanol–water partition coefficient (Wildman–Crippen LogP) is 3.27. The first-order valence-corrected chi connectivity index (χ1v) is 6.63. The predicted molar refractivity (Wildman–Crippen MR) is 73.3 cm³/mol. The summed E-state index contributed by atoms with van der Waals surface area (Å²) >= 11 is 3.49. The molecule has 4 heteroatoms. The average molecular weight is 302 g/mol. The van der Waals surface area contributed by atoms with E-state index >= 15 is 0 Å². The fraction of sp³-hybridized carbons (Fsp3) is 0.538. The molecule has 17 heavy (non-hydrogen) atoms. The zero-order valence-electron chi connectivity index (χ0n) is 10.6. The molecule has 2 unspecified atom stereocenters. The van der Waals surface area contributed by atoms with Crippen molar-refractivity contribution < 1.29 is 9.47 Å². The van der Waals surface area contributed by atoms with E-state index in [1.165, 1.54) is 0 Å². The molecule has 1 rings (SSSR count). The molecule has 3 nitrogen and oxygen atoms in total. The van der Waals surface area contributed by atoms with Gasteiger partial charge in [0.15, 0.2) is 0 Å². The lowest BCUT2D eigenvalue weighted by molar-refractivity contribution is 0.0653. The normalized spacial score (nSPS) is 14.4. The first kappa shape index (κ1) is 14.5. The van der Waals surface area contributed by atoms with Crippen molar-refractivity contribution in [2.45, 2.75) is 32.9 Å². The molecule has 0 radical (unpaired) electrons. The molecular weight excluding hydrogens is 282 g/mol. The van der Waals surface area contributed by atoms with Crippen molar-refractivity contribution in [2.24, 2.45) is 5.73 Å². The van der Waals surface area contributed by atoms with E-state index in [9.17, 15) is 0 Å². The lowest BCUT2D eigenvalue weighted by Crippen LogP contribution is -2.19. The quantitative estimate of drug-likeness (QED) is 0.877. The summed E-state index contributed by atoms with van der Waals surface area (Å²) in [6.45, 7) is 7.22. The van der Waals surface area contributed by atoms with Gasteiger partial charge >= 0.3 is 0 Å². The van der Waals surface area contributed by atoms with E-state index in [1.807, 2.05) is 39.0 Å². The molecule has 0 saturated heterocycles. The molecule has 0 aliphatic heterocycles. The third kappa shape index (κ3) is 4.66. The molecule has 1 aromatic carbocycles. The van der Waals surface area contributed by atoms with Crippen LogP contribution < -0.4 is 10.5 Å². The summed E-state index contributed by atoms with van der Waals surface area (Å²) in [5, 5.41) is 0. The van der Waals surface area contributed by atoms with Gasteiger partial charge in [-0.05, 0) is 54.4 Å². The van der Waals surface area contributed by atoms with Gasteiger partial charge < -0.3 is 15.2 Å². The highest BCUT2D eigenvalue weighted by Gasteiger charge is 2.09. The van der Waals surface area contributed by atoms with E-state index in [4.69, 9.17) is 15.2 Å². The Labute approximate surface area is 111 Å². The van der Waals surface area contributed by atoms with Crippen LogP contribution in [0.15, 0.2) is 22.7 Å². The van der Waals surface area contributed by atoms with Gasteiger partial charge in [0.2, 0.25) is 0 Å². The number of hydrogen-bond donors (Lipinski definition) is 1. The Kier molecular flexibility index (Phi) is 5.95. The van der Waals surface area contributed by atoms with Gasteiger partial charge in [-0.3, -0.25) is 0 Å². The van der Waals surface area contributed by atoms with Gasteiger partial charge in [0, 0.05) is 12.6 Å². The van der Waals surface area contributed by atoms with E-state index < -0.39 is 0 Å². The van der Waals surface area contributed by atoms with Crippen LogP contribution in [0.3, 0.4) is 0 Å². The lowest BCUT2D eigenvalue weighted by atomic mass is 10.1. The Hall–Kier alpha value is -0.580. The molecular formula is C13H20BrNO2. The SMILES string of the molecule is CCOCC(C)Oc1ccc(C(C)N)cc1Br. The monoisotopic (exact) mass is 301 g/mol. The Morgan fingerprint density at radius 3 is 2.59 bits per heavy atom. The van der Waals surface area contributed by atoms with Crippen molar-refractivity contribution >= 4 is 15.9 Å². The molecule has 0 spiro atoms. The van der Waals surface area contributed by atoms with Gasteiger partial charge in [-0.25, -0.2) is 0 Å². The first-order chi connectivity index (χ1) is 8.04. The minimum atomic E-state index is 0.0289. The maximum absolute atomic E-state index is 5.82. The van der Waals surface area contributed by atoms with Gasteiger partial charge in [-0.2, -0.15) is 0 Å². The molecule has 0 aromatic heterocycles. The van der Waals surface area contributed by atoms with Crippen LogP contribution >= 0.6 is 15.9 Å². The van der Waals surface area contributed by atoms with Crippen LogP contribution in [0.5, 0.6) is 5.75 Å². The van der Waals surface area contributed by atoms with E-state index in [0.717, 1.165) is 15.8 Å². The topological polar surface area (TPSA) is 44.5 Å². The van der Waals surface area contributed by atoms with Crippen LogP contribution in [0, 0.1) is 0 Å². The van der Waals surface area contributed by atoms with Crippen LogP contribution in [0.25, 0.3) is 0 Å². The largest absolute Gasteiger partial charge is 0.487 e. The summed E-state index contributed by atoms with van der Waals surface area (Å²) < 4.78 is 12.0. The van der Waals surface area contributed by atoms with Crippen LogP contribution in [-0.2, 0) is 4.74 Å². The van der Waals surface area contributed by atoms with E-state index in [-0.39, 0.29) is 12.1 Å². The van der Waals surface area contributed by atoms with Gasteiger partial charge in [-0.15, -0.1) is 0 Å². The second-order valence-electron chi connectivity index (χ2n) is 4.07. The van der Waals surface area contributed by atoms with Crippen molar-refractivity contribution in [3.05, 3.63) is 28.2 Å². The molecule has 2 atom stereocenters. The van der Waals surface area contributed by atoms with Crippen molar-refractivity contribution in [3.8, 4) is 5.75 Å². The molecule has 0 bridgehead atoms. The van der Waals surface area contributed by atoms with Crippen molar-refractivity contribution in [1.82, 2.24) is 0 Å². The minimum Gasteiger partial charge on any atom is -0.487 e. The highest BCUT2D eigenvalue weighted by Crippen LogP contribution is 2.28. The average Bonchev–Trinajstić information content (AvgIpc) is 2.28. The molecule has 0 saturated carbocycles. The van der Waals surface area contributed by atoms with Gasteiger partial charge in [0.05, 0.1) is 11.1 Å². The fourth-order valence-corrected chi connectivity index (χ4v) is 1.92. The van der Waals surface area contributed by atoms with Gasteiger partial charge in [0.1, 0.15) is 11.9 Å². The number of rotatable bonds is 6. The summed E-state index contributed by atoms with van der Waals surface area (Å²) in [6.07, 6.45) is 0.0346. The van der Waals surface area contributed by atoms with Crippen molar-refractivity contribution in [3.63, 3.8) is 0 Å². The first-order valence-electron chi connectivity index (χ1n) is 5.84. The maximum Gasteiger partial charge on any atom is 0.134 e. The summed E-state index contributed by atoms with van der Waals surface area (Å²) in [5.74, 6) is 0.821. The summed E-state index contributed by atoms with van der Waals surface area (Å²) in [6, 6.07) is 5.94. The Morgan fingerprint density at radius 1 is 1.35 bits per heavy atom. The van der Waals surface area contributed by atoms with Gasteiger partial charge in [-0.1, -0.05) is 6.07 Å². The smallest absolute Gasteiger partial charge is 0.134 e. The summed E-state index contributed by atoms with van der Waals surface area (Å²) in [5.41, 5.74) is 6.90. The number of nitrogens with two attached hydrogens (primary N) is 1. The third-order valence-electron chi connectivity index (χ3n) is 2.37. The summed E-state index contributed by atoms with van der Waals surface area (Å²) in [4.78, 5) is 0. The Balaban J connectivity index is 2.65. The zero-order valence-corrected chi connectivity index (χ0v) is 12.2. The number of benzene rings is 1. The maximum atomic E-state index is 5.82. The second-order valence-corrected chi connectivity index (χ2v) is 4.92.